The van der Waals surface area contributed by atoms with Crippen molar-refractivity contribution in [2.75, 3.05) is 21.3 Å². The van der Waals surface area contributed by atoms with Gasteiger partial charge in [-0.05, 0) is 50.8 Å². The Balaban J connectivity index is 1.63. The zero-order valence-electron chi connectivity index (χ0n) is 18.2. The first-order valence-electron chi connectivity index (χ1n) is 10.4. The summed E-state index contributed by atoms with van der Waals surface area (Å²) in [5, 5.41) is 0.801. The van der Waals surface area contributed by atoms with Crippen LogP contribution in [0.3, 0.4) is 0 Å². The first-order chi connectivity index (χ1) is 14.4. The number of aryl methyl sites for hydroxylation is 1. The summed E-state index contributed by atoms with van der Waals surface area (Å²) in [4.78, 5) is 25.2. The Morgan fingerprint density at radius 3 is 2.87 bits per heavy atom. The fraction of sp³-hybridized carbons (Fsp3) is 0.478. The van der Waals surface area contributed by atoms with Crippen molar-refractivity contribution in [1.82, 2.24) is 14.9 Å². The van der Waals surface area contributed by atoms with Crippen molar-refractivity contribution in [2.24, 2.45) is 5.92 Å². The van der Waals surface area contributed by atoms with Gasteiger partial charge in [-0.2, -0.15) is 0 Å². The molecule has 1 aliphatic carbocycles. The molecule has 0 saturated heterocycles. The lowest BCUT2D eigenvalue weighted by Crippen LogP contribution is -2.26. The second-order valence-corrected chi connectivity index (χ2v) is 9.31. The third-order valence-electron chi connectivity index (χ3n) is 6.14. The highest BCUT2D eigenvalue weighted by molar-refractivity contribution is 7.18. The Bertz CT molecular complexity index is 1120. The number of ether oxygens (including phenoxy) is 2. The normalized spacial score (nSPS) is 17.2. The van der Waals surface area contributed by atoms with Crippen molar-refractivity contribution in [3.8, 4) is 11.5 Å². The second kappa shape index (κ2) is 8.40. The minimum absolute atomic E-state index is 0.0127. The Kier molecular flexibility index (Phi) is 5.84. The summed E-state index contributed by atoms with van der Waals surface area (Å²) >= 11 is 1.69. The van der Waals surface area contributed by atoms with E-state index in [0.717, 1.165) is 40.8 Å². The summed E-state index contributed by atoms with van der Waals surface area (Å²) in [6, 6.07) is 5.81. The van der Waals surface area contributed by atoms with E-state index in [0.29, 0.717) is 24.0 Å². The van der Waals surface area contributed by atoms with Gasteiger partial charge in [0.1, 0.15) is 10.7 Å². The van der Waals surface area contributed by atoms with Crippen molar-refractivity contribution in [3.63, 3.8) is 0 Å². The van der Waals surface area contributed by atoms with Crippen molar-refractivity contribution in [2.45, 2.75) is 45.7 Å². The van der Waals surface area contributed by atoms with Crippen molar-refractivity contribution in [1.29, 1.82) is 0 Å². The van der Waals surface area contributed by atoms with Crippen molar-refractivity contribution < 1.29 is 9.47 Å². The Labute approximate surface area is 180 Å². The van der Waals surface area contributed by atoms with Gasteiger partial charge in [-0.3, -0.25) is 9.69 Å². The largest absolute Gasteiger partial charge is 0.493 e. The highest BCUT2D eigenvalue weighted by Gasteiger charge is 2.25. The molecule has 0 fully saturated rings. The summed E-state index contributed by atoms with van der Waals surface area (Å²) in [5.74, 6) is 2.81. The lowest BCUT2D eigenvalue weighted by Gasteiger charge is -2.25. The molecule has 1 aromatic carbocycles. The predicted molar refractivity (Wildman–Crippen MR) is 121 cm³/mol. The van der Waals surface area contributed by atoms with Gasteiger partial charge >= 0.3 is 0 Å². The first kappa shape index (κ1) is 20.9. The third-order valence-corrected chi connectivity index (χ3v) is 7.29. The van der Waals surface area contributed by atoms with E-state index in [9.17, 15) is 4.79 Å². The molecule has 1 N–H and O–H groups in total. The van der Waals surface area contributed by atoms with Crippen LogP contribution in [0.4, 0.5) is 0 Å². The van der Waals surface area contributed by atoms with E-state index < -0.39 is 0 Å². The molecule has 0 aliphatic heterocycles. The molecule has 2 heterocycles. The minimum atomic E-state index is -0.0592. The summed E-state index contributed by atoms with van der Waals surface area (Å²) < 4.78 is 11.0. The van der Waals surface area contributed by atoms with Gasteiger partial charge in [-0.25, -0.2) is 4.98 Å². The quantitative estimate of drug-likeness (QED) is 0.635. The molecule has 160 valence electrons. The second-order valence-electron chi connectivity index (χ2n) is 8.23. The topological polar surface area (TPSA) is 67.5 Å². The van der Waals surface area contributed by atoms with E-state index in [-0.39, 0.29) is 11.6 Å². The number of fused-ring (bicyclic) bond motifs is 3. The monoisotopic (exact) mass is 427 g/mol. The Hall–Kier alpha value is -2.38. The molecule has 0 unspecified atom stereocenters. The molecule has 0 spiro atoms. The number of aromatic amines is 1. The number of benzene rings is 1. The summed E-state index contributed by atoms with van der Waals surface area (Å²) in [5.41, 5.74) is 2.23. The van der Waals surface area contributed by atoms with Crippen LogP contribution in [0.25, 0.3) is 10.2 Å². The standard InChI is InChI=1S/C23H29N3O3S/c1-13-9-10-16-18(11-13)30-23-19(16)22(27)24-21(25-23)14(2)26(3)12-15-7-6-8-17(28-4)20(15)29-5/h6-8,13-14H,9-12H2,1-5H3,(H,24,25,27)/t13-,14+/m0/s1. The van der Waals surface area contributed by atoms with Gasteiger partial charge in [0, 0.05) is 17.0 Å². The fourth-order valence-electron chi connectivity index (χ4n) is 4.26. The highest BCUT2D eigenvalue weighted by Crippen LogP contribution is 2.36. The number of nitrogens with zero attached hydrogens (tertiary/aromatic N) is 2. The lowest BCUT2D eigenvalue weighted by molar-refractivity contribution is 0.239. The van der Waals surface area contributed by atoms with Crippen LogP contribution in [0.5, 0.6) is 11.5 Å². The zero-order chi connectivity index (χ0) is 21.4. The summed E-state index contributed by atoms with van der Waals surface area (Å²) in [7, 11) is 5.31. The molecular weight excluding hydrogens is 398 g/mol. The SMILES string of the molecule is COc1cccc(CN(C)[C@H](C)c2nc3sc4c(c3c(=O)[nH]2)CC[C@H](C)C4)c1OC. The predicted octanol–water partition coefficient (Wildman–Crippen LogP) is 4.32. The average molecular weight is 428 g/mol. The number of para-hydroxylation sites is 1. The third kappa shape index (κ3) is 3.72. The Morgan fingerprint density at radius 2 is 2.13 bits per heavy atom. The Morgan fingerprint density at radius 1 is 1.33 bits per heavy atom. The van der Waals surface area contributed by atoms with Crippen LogP contribution < -0.4 is 15.0 Å². The van der Waals surface area contributed by atoms with Crippen molar-refractivity contribution in [3.05, 3.63) is 50.4 Å². The van der Waals surface area contributed by atoms with Crippen LogP contribution in [0.15, 0.2) is 23.0 Å². The number of hydrogen-bond donors (Lipinski definition) is 1. The van der Waals surface area contributed by atoms with Gasteiger partial charge < -0.3 is 14.5 Å². The molecule has 7 heteroatoms. The molecule has 30 heavy (non-hydrogen) atoms. The summed E-state index contributed by atoms with van der Waals surface area (Å²) in [6.07, 6.45) is 3.17. The molecule has 0 bridgehead atoms. The molecule has 0 amide bonds. The highest BCUT2D eigenvalue weighted by atomic mass is 32.1. The number of methoxy groups -OCH3 is 2. The fourth-order valence-corrected chi connectivity index (χ4v) is 5.65. The van der Waals surface area contributed by atoms with Crippen molar-refractivity contribution >= 4 is 21.6 Å². The molecule has 4 rings (SSSR count). The van der Waals surface area contributed by atoms with Crippen LogP contribution in [0, 0.1) is 5.92 Å². The molecule has 2 aromatic heterocycles. The maximum Gasteiger partial charge on any atom is 0.259 e. The van der Waals surface area contributed by atoms with Gasteiger partial charge in [-0.15, -0.1) is 11.3 Å². The molecule has 0 radical (unpaired) electrons. The number of rotatable bonds is 6. The van der Waals surface area contributed by atoms with Gasteiger partial charge in [-0.1, -0.05) is 19.1 Å². The number of nitrogens with one attached hydrogen (secondary N) is 1. The number of aromatic nitrogens is 2. The zero-order valence-corrected chi connectivity index (χ0v) is 19.1. The minimum Gasteiger partial charge on any atom is -0.493 e. The van der Waals surface area contributed by atoms with Gasteiger partial charge in [0.2, 0.25) is 0 Å². The van der Waals surface area contributed by atoms with Gasteiger partial charge in [0.25, 0.3) is 5.56 Å². The van der Waals surface area contributed by atoms with E-state index in [4.69, 9.17) is 14.5 Å². The molecule has 0 saturated carbocycles. The number of hydrogen-bond acceptors (Lipinski definition) is 6. The van der Waals surface area contributed by atoms with Crippen LogP contribution in [0.1, 0.15) is 48.1 Å². The van der Waals surface area contributed by atoms with E-state index >= 15 is 0 Å². The number of thiophene rings is 1. The van der Waals surface area contributed by atoms with E-state index in [1.54, 1.807) is 25.6 Å². The molecule has 6 nitrogen and oxygen atoms in total. The maximum atomic E-state index is 12.9. The molecule has 3 aromatic rings. The molecular formula is C23H29N3O3S. The van der Waals surface area contributed by atoms with E-state index in [2.05, 4.69) is 23.7 Å². The molecule has 2 atom stereocenters. The number of H-pyrrole nitrogens is 1. The van der Waals surface area contributed by atoms with Crippen LogP contribution >= 0.6 is 11.3 Å². The smallest absolute Gasteiger partial charge is 0.259 e. The van der Waals surface area contributed by atoms with Gasteiger partial charge in [0.15, 0.2) is 11.5 Å². The maximum absolute atomic E-state index is 12.9. The molecule has 1 aliphatic rings. The van der Waals surface area contributed by atoms with E-state index in [1.165, 1.54) is 10.4 Å². The van der Waals surface area contributed by atoms with Crippen LogP contribution in [-0.4, -0.2) is 36.1 Å². The van der Waals surface area contributed by atoms with E-state index in [1.807, 2.05) is 25.2 Å². The van der Waals surface area contributed by atoms with Gasteiger partial charge in [0.05, 0.1) is 25.6 Å². The van der Waals surface area contributed by atoms with Crippen LogP contribution in [0.2, 0.25) is 0 Å². The average Bonchev–Trinajstić information content (AvgIpc) is 3.10. The van der Waals surface area contributed by atoms with Crippen LogP contribution in [-0.2, 0) is 19.4 Å². The summed E-state index contributed by atoms with van der Waals surface area (Å²) in [6.45, 7) is 4.98. The first-order valence-corrected chi connectivity index (χ1v) is 11.2. The lowest BCUT2D eigenvalue weighted by atomic mass is 9.89.